The third-order valence-electron chi connectivity index (χ3n) is 4.75. The molecule has 1 amide bonds. The van der Waals surface area contributed by atoms with Gasteiger partial charge in [-0.05, 0) is 24.3 Å². The van der Waals surface area contributed by atoms with Crippen LogP contribution in [0.4, 0.5) is 0 Å². The van der Waals surface area contributed by atoms with Crippen LogP contribution >= 0.6 is 11.8 Å². The van der Waals surface area contributed by atoms with Crippen LogP contribution in [0.3, 0.4) is 0 Å². The number of nitrogens with one attached hydrogen (secondary N) is 1. The van der Waals surface area contributed by atoms with Crippen molar-refractivity contribution in [3.8, 4) is 5.75 Å². The van der Waals surface area contributed by atoms with Crippen LogP contribution in [0.5, 0.6) is 5.75 Å². The second-order valence-corrected chi connectivity index (χ2v) is 8.00. The largest absolute Gasteiger partial charge is 0.493 e. The summed E-state index contributed by atoms with van der Waals surface area (Å²) in [5.41, 5.74) is 1.42. The molecule has 0 aliphatic carbocycles. The zero-order chi connectivity index (χ0) is 20.2. The lowest BCUT2D eigenvalue weighted by atomic mass is 10.1. The molecule has 1 atom stereocenters. The van der Waals surface area contributed by atoms with Gasteiger partial charge >= 0.3 is 0 Å². The lowest BCUT2D eigenvalue weighted by molar-refractivity contribution is -0.116. The van der Waals surface area contributed by atoms with Gasteiger partial charge in [0.15, 0.2) is 11.3 Å². The predicted molar refractivity (Wildman–Crippen MR) is 116 cm³/mol. The highest BCUT2D eigenvalue weighted by atomic mass is 32.2. The third-order valence-corrected chi connectivity index (χ3v) is 5.49. The highest BCUT2D eigenvalue weighted by molar-refractivity contribution is 8.13. The minimum absolute atomic E-state index is 0.160. The van der Waals surface area contributed by atoms with Gasteiger partial charge in [0.2, 0.25) is 0 Å². The van der Waals surface area contributed by atoms with Crippen molar-refractivity contribution in [1.29, 1.82) is 0 Å². The number of amidine groups is 1. The van der Waals surface area contributed by atoms with E-state index in [0.717, 1.165) is 40.5 Å². The lowest BCUT2D eigenvalue weighted by Crippen LogP contribution is -2.50. The molecule has 2 heterocycles. The number of unbranched alkanes of at least 4 members (excludes halogenated alkanes) is 1. The van der Waals surface area contributed by atoms with E-state index in [0.29, 0.717) is 17.5 Å². The van der Waals surface area contributed by atoms with E-state index in [1.165, 1.54) is 11.8 Å². The molecule has 2 aliphatic rings. The Morgan fingerprint density at radius 1 is 1.14 bits per heavy atom. The Morgan fingerprint density at radius 2 is 1.93 bits per heavy atom. The minimum Gasteiger partial charge on any atom is -0.493 e. The molecule has 0 saturated heterocycles. The number of hydrogen-bond acceptors (Lipinski definition) is 6. The number of fused-ring (bicyclic) bond motifs is 2. The molecule has 0 spiro atoms. The average molecular weight is 409 g/mol. The van der Waals surface area contributed by atoms with Gasteiger partial charge < -0.3 is 4.74 Å². The predicted octanol–water partition coefficient (Wildman–Crippen LogP) is 2.76. The zero-order valence-electron chi connectivity index (χ0n) is 16.6. The van der Waals surface area contributed by atoms with E-state index in [1.54, 1.807) is 5.01 Å². The van der Waals surface area contributed by atoms with E-state index in [1.807, 2.05) is 55.5 Å². The van der Waals surface area contributed by atoms with E-state index in [9.17, 15) is 4.79 Å². The average Bonchev–Trinajstić information content (AvgIpc) is 2.74. The van der Waals surface area contributed by atoms with Gasteiger partial charge in [0.1, 0.15) is 11.4 Å². The topological polar surface area (TPSA) is 66.3 Å². The van der Waals surface area contributed by atoms with E-state index in [-0.39, 0.29) is 5.91 Å². The standard InChI is InChI=1S/C22H24N4O2S/c1-3-5-14-28-18-13-9-7-11-16(18)20-23-17-12-8-6-10-15(17)19-21(27)24-22(29-4-2)25-26(19)20/h6-13,20H,3-5,14H2,1-2H3,(H,24,25,27)/t20-/m1/s1. The van der Waals surface area contributed by atoms with Crippen LogP contribution in [0, 0.1) is 0 Å². The molecule has 4 rings (SSSR count). The molecule has 150 valence electrons. The van der Waals surface area contributed by atoms with Gasteiger partial charge in [-0.15, -0.1) is 5.10 Å². The Hall–Kier alpha value is -2.80. The second-order valence-electron chi connectivity index (χ2n) is 6.75. The van der Waals surface area contributed by atoms with Crippen LogP contribution in [0.1, 0.15) is 38.4 Å². The van der Waals surface area contributed by atoms with Crippen LogP contribution < -0.4 is 20.6 Å². The molecule has 7 heteroatoms. The molecule has 0 unspecified atom stereocenters. The van der Waals surface area contributed by atoms with Crippen molar-refractivity contribution in [3.05, 3.63) is 64.7 Å². The summed E-state index contributed by atoms with van der Waals surface area (Å²) in [6.45, 7) is 4.81. The first kappa shape index (κ1) is 19.5. The molecule has 0 bridgehead atoms. The minimum atomic E-state index is -0.462. The van der Waals surface area contributed by atoms with Gasteiger partial charge in [0, 0.05) is 10.8 Å². The van der Waals surface area contributed by atoms with Crippen LogP contribution in [0.15, 0.2) is 58.6 Å². The number of carbonyl (C=O) groups excluding carboxylic acids is 1. The Kier molecular flexibility index (Phi) is 5.85. The van der Waals surface area contributed by atoms with Gasteiger partial charge in [0.05, 0.1) is 12.0 Å². The first-order chi connectivity index (χ1) is 14.2. The number of thioether (sulfide) groups is 1. The fraction of sp³-hybridized carbons (Fsp3) is 0.318. The van der Waals surface area contributed by atoms with Gasteiger partial charge in [-0.2, -0.15) is 0 Å². The molecule has 0 fully saturated rings. The number of rotatable bonds is 6. The highest BCUT2D eigenvalue weighted by Crippen LogP contribution is 2.35. The molecule has 0 saturated carbocycles. The van der Waals surface area contributed by atoms with Gasteiger partial charge in [-0.25, -0.2) is 5.01 Å². The van der Waals surface area contributed by atoms with Gasteiger partial charge in [-0.3, -0.25) is 15.1 Å². The van der Waals surface area contributed by atoms with Crippen molar-refractivity contribution >= 4 is 28.5 Å². The van der Waals surface area contributed by atoms with Crippen LogP contribution in [0.25, 0.3) is 5.70 Å². The maximum Gasteiger partial charge on any atom is 0.276 e. The van der Waals surface area contributed by atoms with E-state index >= 15 is 0 Å². The van der Waals surface area contributed by atoms with Crippen molar-refractivity contribution < 1.29 is 9.53 Å². The summed E-state index contributed by atoms with van der Waals surface area (Å²) < 4.78 is 6.05. The first-order valence-corrected chi connectivity index (χ1v) is 10.9. The quantitative estimate of drug-likeness (QED) is 0.747. The van der Waals surface area contributed by atoms with Crippen molar-refractivity contribution in [3.63, 3.8) is 0 Å². The summed E-state index contributed by atoms with van der Waals surface area (Å²) in [6, 6.07) is 15.6. The summed E-state index contributed by atoms with van der Waals surface area (Å²) in [7, 11) is 0. The number of benzene rings is 2. The molecule has 0 radical (unpaired) electrons. The maximum absolute atomic E-state index is 13.0. The van der Waals surface area contributed by atoms with Crippen molar-refractivity contribution in [2.45, 2.75) is 32.9 Å². The molecule has 2 aromatic carbocycles. The SMILES string of the molecule is CCCCOc1ccccc1[C@@H]1N=c2ccccc2=C2C(=O)NC(SCC)=NN21. The Morgan fingerprint density at radius 3 is 2.76 bits per heavy atom. The van der Waals surface area contributed by atoms with Gasteiger partial charge in [0.25, 0.3) is 5.91 Å². The van der Waals surface area contributed by atoms with Crippen molar-refractivity contribution in [2.24, 2.45) is 10.1 Å². The molecular formula is C22H24N4O2S. The van der Waals surface area contributed by atoms with Crippen LogP contribution in [0.2, 0.25) is 0 Å². The summed E-state index contributed by atoms with van der Waals surface area (Å²) >= 11 is 1.50. The summed E-state index contributed by atoms with van der Waals surface area (Å²) in [6.07, 6.45) is 1.59. The number of hydrogen-bond donors (Lipinski definition) is 1. The fourth-order valence-corrected chi connectivity index (χ4v) is 3.97. The summed E-state index contributed by atoms with van der Waals surface area (Å²) in [4.78, 5) is 17.9. The van der Waals surface area contributed by atoms with Crippen LogP contribution in [-0.4, -0.2) is 28.4 Å². The summed E-state index contributed by atoms with van der Waals surface area (Å²) in [5.74, 6) is 1.43. The highest BCUT2D eigenvalue weighted by Gasteiger charge is 2.35. The Labute approximate surface area is 174 Å². The molecule has 1 N–H and O–H groups in total. The van der Waals surface area contributed by atoms with E-state index < -0.39 is 6.17 Å². The zero-order valence-corrected chi connectivity index (χ0v) is 17.4. The lowest BCUT2D eigenvalue weighted by Gasteiger charge is -2.34. The molecule has 2 aromatic rings. The second kappa shape index (κ2) is 8.69. The third kappa shape index (κ3) is 3.87. The van der Waals surface area contributed by atoms with Crippen molar-refractivity contribution in [2.75, 3.05) is 12.4 Å². The molecule has 2 aliphatic heterocycles. The molecule has 6 nitrogen and oxygen atoms in total. The van der Waals surface area contributed by atoms with Gasteiger partial charge in [-0.1, -0.05) is 68.4 Å². The smallest absolute Gasteiger partial charge is 0.276 e. The van der Waals surface area contributed by atoms with E-state index in [4.69, 9.17) is 14.8 Å². The first-order valence-electron chi connectivity index (χ1n) is 9.93. The van der Waals surface area contributed by atoms with Crippen molar-refractivity contribution in [1.82, 2.24) is 10.3 Å². The van der Waals surface area contributed by atoms with E-state index in [2.05, 4.69) is 12.2 Å². The number of nitrogens with zero attached hydrogens (tertiary/aromatic N) is 3. The van der Waals surface area contributed by atoms with Crippen LogP contribution in [-0.2, 0) is 4.79 Å². The normalized spacial score (nSPS) is 17.7. The monoisotopic (exact) mass is 408 g/mol. The Bertz CT molecular complexity index is 1070. The number of hydrazone groups is 1. The maximum atomic E-state index is 13.0. The molecular weight excluding hydrogens is 384 g/mol. The number of amides is 1. The fourth-order valence-electron chi connectivity index (χ4n) is 3.38. The number of carbonyl (C=O) groups is 1. The molecule has 29 heavy (non-hydrogen) atoms. The number of para-hydroxylation sites is 2. The molecule has 0 aromatic heterocycles. The summed E-state index contributed by atoms with van der Waals surface area (Å²) in [5, 5.41) is 11.5. The Balaban J connectivity index is 1.85. The number of ether oxygens (including phenoxy) is 1.